The van der Waals surface area contributed by atoms with E-state index >= 15 is 0 Å². The lowest BCUT2D eigenvalue weighted by Gasteiger charge is -2.04. The Bertz CT molecular complexity index is 328. The minimum atomic E-state index is -0.602. The summed E-state index contributed by atoms with van der Waals surface area (Å²) < 4.78 is 13.2. The van der Waals surface area contributed by atoms with Gasteiger partial charge in [-0.3, -0.25) is 0 Å². The van der Waals surface area contributed by atoms with E-state index in [-0.39, 0.29) is 11.6 Å². The average Bonchev–Trinajstić information content (AvgIpc) is 2.04. The maximum Gasteiger partial charge on any atom is 0.181 e. The van der Waals surface area contributed by atoms with Gasteiger partial charge in [-0.25, -0.2) is 14.4 Å². The molecule has 1 rings (SSSR count). The fourth-order valence-electron chi connectivity index (χ4n) is 0.864. The molecule has 0 aromatic carbocycles. The van der Waals surface area contributed by atoms with E-state index < -0.39 is 5.82 Å². The van der Waals surface area contributed by atoms with Crippen LogP contribution in [0.5, 0.6) is 0 Å². The molecule has 0 aliphatic heterocycles. The third-order valence-electron chi connectivity index (χ3n) is 1.47. The number of aromatic nitrogens is 2. The van der Waals surface area contributed by atoms with Crippen molar-refractivity contribution < 1.29 is 4.39 Å². The van der Waals surface area contributed by atoms with Crippen LogP contribution in [0.1, 0.15) is 31.2 Å². The predicted molar refractivity (Wildman–Crippen MR) is 40.8 cm³/mol. The molecule has 0 bridgehead atoms. The van der Waals surface area contributed by atoms with E-state index in [1.165, 1.54) is 6.33 Å². The minimum Gasteiger partial charge on any atom is -0.238 e. The highest BCUT2D eigenvalue weighted by Gasteiger charge is 2.12. The topological polar surface area (TPSA) is 49.6 Å². The van der Waals surface area contributed by atoms with Crippen molar-refractivity contribution in [1.29, 1.82) is 5.26 Å². The van der Waals surface area contributed by atoms with Crippen LogP contribution >= 0.6 is 0 Å². The molecule has 3 nitrogen and oxygen atoms in total. The summed E-state index contributed by atoms with van der Waals surface area (Å²) in [7, 11) is 0. The Morgan fingerprint density at radius 3 is 2.67 bits per heavy atom. The number of nitrogens with zero attached hydrogens (tertiary/aromatic N) is 3. The van der Waals surface area contributed by atoms with Crippen molar-refractivity contribution in [3.05, 3.63) is 23.5 Å². The summed E-state index contributed by atoms with van der Waals surface area (Å²) in [5.41, 5.74) is 0.107. The van der Waals surface area contributed by atoms with Gasteiger partial charge in [-0.2, -0.15) is 5.26 Å². The van der Waals surface area contributed by atoms with E-state index in [9.17, 15) is 4.39 Å². The summed E-state index contributed by atoms with van der Waals surface area (Å²) in [4.78, 5) is 7.24. The summed E-state index contributed by atoms with van der Waals surface area (Å²) in [6.45, 7) is 3.62. The minimum absolute atomic E-state index is 0.0277. The molecular formula is C8H8FN3. The molecule has 0 fully saturated rings. The SMILES string of the molecule is CC(C)c1ncnc(C#N)c1F. The van der Waals surface area contributed by atoms with Crippen molar-refractivity contribution in [2.75, 3.05) is 0 Å². The number of hydrogen-bond acceptors (Lipinski definition) is 3. The van der Waals surface area contributed by atoms with Crippen LogP contribution in [0.2, 0.25) is 0 Å². The molecule has 0 unspecified atom stereocenters. The normalized spacial score (nSPS) is 9.92. The predicted octanol–water partition coefficient (Wildman–Crippen LogP) is 1.61. The molecular weight excluding hydrogens is 157 g/mol. The van der Waals surface area contributed by atoms with Gasteiger partial charge in [0.15, 0.2) is 11.5 Å². The zero-order valence-electron chi connectivity index (χ0n) is 6.87. The Morgan fingerprint density at radius 1 is 1.50 bits per heavy atom. The molecule has 0 saturated heterocycles. The van der Waals surface area contributed by atoms with Crippen molar-refractivity contribution in [1.82, 2.24) is 9.97 Å². The largest absolute Gasteiger partial charge is 0.238 e. The standard InChI is InChI=1S/C8H8FN3/c1-5(2)8-7(9)6(3-10)11-4-12-8/h4-5H,1-2H3. The molecule has 0 atom stereocenters. The van der Waals surface area contributed by atoms with Crippen LogP contribution in [0.15, 0.2) is 6.33 Å². The van der Waals surface area contributed by atoms with Crippen LogP contribution in [0.3, 0.4) is 0 Å². The summed E-state index contributed by atoms with van der Waals surface area (Å²) in [5, 5.41) is 8.44. The second-order valence-electron chi connectivity index (χ2n) is 2.69. The maximum atomic E-state index is 13.2. The van der Waals surface area contributed by atoms with Gasteiger partial charge in [0, 0.05) is 0 Å². The molecule has 0 radical (unpaired) electrons. The fraction of sp³-hybridized carbons (Fsp3) is 0.375. The zero-order chi connectivity index (χ0) is 9.14. The first-order valence-corrected chi connectivity index (χ1v) is 3.57. The van der Waals surface area contributed by atoms with Crippen LogP contribution in [-0.4, -0.2) is 9.97 Å². The van der Waals surface area contributed by atoms with Crippen molar-refractivity contribution in [3.63, 3.8) is 0 Å². The molecule has 0 saturated carbocycles. The van der Waals surface area contributed by atoms with Gasteiger partial charge in [0.25, 0.3) is 0 Å². The summed E-state index contributed by atoms with van der Waals surface area (Å²) >= 11 is 0. The first-order chi connectivity index (χ1) is 5.66. The highest BCUT2D eigenvalue weighted by molar-refractivity contribution is 5.25. The van der Waals surface area contributed by atoms with Gasteiger partial charge >= 0.3 is 0 Å². The van der Waals surface area contributed by atoms with Gasteiger partial charge in [-0.1, -0.05) is 13.8 Å². The van der Waals surface area contributed by atoms with Gasteiger partial charge < -0.3 is 0 Å². The number of nitriles is 1. The average molecular weight is 165 g/mol. The third kappa shape index (κ3) is 1.40. The van der Waals surface area contributed by atoms with Gasteiger partial charge in [-0.15, -0.1) is 0 Å². The summed E-state index contributed by atoms with van der Waals surface area (Å²) in [6, 6.07) is 1.66. The van der Waals surface area contributed by atoms with Crippen LogP contribution < -0.4 is 0 Å². The van der Waals surface area contributed by atoms with Crippen LogP contribution in [0.4, 0.5) is 4.39 Å². The number of halogens is 1. The van der Waals surface area contributed by atoms with Gasteiger partial charge in [-0.05, 0) is 5.92 Å². The van der Waals surface area contributed by atoms with E-state index in [4.69, 9.17) is 5.26 Å². The molecule has 0 spiro atoms. The van der Waals surface area contributed by atoms with Crippen molar-refractivity contribution in [2.45, 2.75) is 19.8 Å². The summed E-state index contributed by atoms with van der Waals surface area (Å²) in [5.74, 6) is -0.630. The highest BCUT2D eigenvalue weighted by Crippen LogP contribution is 2.15. The Balaban J connectivity index is 3.25. The Kier molecular flexibility index (Phi) is 2.34. The molecule has 1 aromatic heterocycles. The van der Waals surface area contributed by atoms with Gasteiger partial charge in [0.05, 0.1) is 5.69 Å². The Morgan fingerprint density at radius 2 is 2.17 bits per heavy atom. The van der Waals surface area contributed by atoms with Crippen molar-refractivity contribution in [2.24, 2.45) is 0 Å². The fourth-order valence-corrected chi connectivity index (χ4v) is 0.864. The van der Waals surface area contributed by atoms with Crippen LogP contribution in [0, 0.1) is 17.1 Å². The van der Waals surface area contributed by atoms with Crippen molar-refractivity contribution in [3.8, 4) is 6.07 Å². The molecule has 1 heterocycles. The Hall–Kier alpha value is -1.50. The lowest BCUT2D eigenvalue weighted by Crippen LogP contribution is -2.01. The van der Waals surface area contributed by atoms with E-state index in [2.05, 4.69) is 9.97 Å². The number of hydrogen-bond donors (Lipinski definition) is 0. The molecule has 0 aliphatic rings. The molecule has 62 valence electrons. The first-order valence-electron chi connectivity index (χ1n) is 3.57. The second kappa shape index (κ2) is 3.26. The lowest BCUT2D eigenvalue weighted by atomic mass is 10.1. The molecule has 4 heteroatoms. The molecule has 0 aliphatic carbocycles. The van der Waals surface area contributed by atoms with Crippen LogP contribution in [0.25, 0.3) is 0 Å². The second-order valence-corrected chi connectivity index (χ2v) is 2.69. The first kappa shape index (κ1) is 8.60. The van der Waals surface area contributed by atoms with Crippen LogP contribution in [-0.2, 0) is 0 Å². The van der Waals surface area contributed by atoms with Crippen molar-refractivity contribution >= 4 is 0 Å². The number of rotatable bonds is 1. The maximum absolute atomic E-state index is 13.2. The Labute approximate surface area is 69.9 Å². The smallest absolute Gasteiger partial charge is 0.181 e. The lowest BCUT2D eigenvalue weighted by molar-refractivity contribution is 0.572. The monoisotopic (exact) mass is 165 g/mol. The summed E-state index contributed by atoms with van der Waals surface area (Å²) in [6.07, 6.45) is 1.21. The highest BCUT2D eigenvalue weighted by atomic mass is 19.1. The molecule has 12 heavy (non-hydrogen) atoms. The van der Waals surface area contributed by atoms with E-state index in [0.29, 0.717) is 5.69 Å². The van der Waals surface area contributed by atoms with E-state index in [1.807, 2.05) is 13.8 Å². The van der Waals surface area contributed by atoms with E-state index in [0.717, 1.165) is 0 Å². The quantitative estimate of drug-likeness (QED) is 0.635. The molecule has 0 amide bonds. The van der Waals surface area contributed by atoms with Gasteiger partial charge in [0.2, 0.25) is 0 Å². The molecule has 1 aromatic rings. The zero-order valence-corrected chi connectivity index (χ0v) is 6.87. The molecule has 0 N–H and O–H groups in total. The van der Waals surface area contributed by atoms with Gasteiger partial charge in [0.1, 0.15) is 12.4 Å². The van der Waals surface area contributed by atoms with E-state index in [1.54, 1.807) is 6.07 Å². The third-order valence-corrected chi connectivity index (χ3v) is 1.47.